The number of anilines is 1. The number of fused-ring (bicyclic) bond motifs is 5. The molecule has 4 bridgehead atoms. The molecule has 0 aliphatic carbocycles. The summed E-state index contributed by atoms with van der Waals surface area (Å²) < 4.78 is 101. The smallest absolute Gasteiger partial charge is 0.426 e. The lowest BCUT2D eigenvalue weighted by atomic mass is 9.92. The minimum atomic E-state index is -5.13. The molecule has 8 nitrogen and oxygen atoms in total. The van der Waals surface area contributed by atoms with Crippen molar-refractivity contribution in [2.75, 3.05) is 5.73 Å². The van der Waals surface area contributed by atoms with Crippen molar-refractivity contribution >= 4 is 5.69 Å². The Labute approximate surface area is 212 Å². The lowest BCUT2D eigenvalue weighted by molar-refractivity contribution is -0.305. The van der Waals surface area contributed by atoms with Crippen LogP contribution in [-0.2, 0) is 23.1 Å². The Morgan fingerprint density at radius 3 is 2.47 bits per heavy atom. The predicted octanol–water partition coefficient (Wildman–Crippen LogP) is 5.41. The quantitative estimate of drug-likeness (QED) is 0.419. The third-order valence-electron chi connectivity index (χ3n) is 6.07. The molecule has 0 spiro atoms. The van der Waals surface area contributed by atoms with Gasteiger partial charge in [0.2, 0.25) is 11.5 Å². The van der Waals surface area contributed by atoms with Crippen molar-refractivity contribution in [1.29, 1.82) is 0 Å². The van der Waals surface area contributed by atoms with E-state index in [0.717, 1.165) is 0 Å². The number of halogens is 6. The van der Waals surface area contributed by atoms with Gasteiger partial charge >= 0.3 is 12.4 Å². The fourth-order valence-corrected chi connectivity index (χ4v) is 4.09. The van der Waals surface area contributed by atoms with E-state index in [-0.39, 0.29) is 19.3 Å². The summed E-state index contributed by atoms with van der Waals surface area (Å²) in [6.45, 7) is 0.963. The molecule has 1 unspecified atom stereocenters. The first-order chi connectivity index (χ1) is 17.8. The molecule has 4 rings (SSSR count). The molecule has 0 saturated heterocycles. The topological polar surface area (TPSA) is 117 Å². The molecule has 0 radical (unpaired) electrons. The molecule has 0 amide bonds. The molecule has 14 heteroatoms. The first kappa shape index (κ1) is 27.6. The van der Waals surface area contributed by atoms with Crippen molar-refractivity contribution in [1.82, 2.24) is 15.2 Å². The average Bonchev–Trinajstić information content (AvgIpc) is 3.31. The molecule has 0 fully saturated rings. The van der Waals surface area contributed by atoms with Crippen LogP contribution in [0.1, 0.15) is 49.6 Å². The second kappa shape index (κ2) is 10.4. The van der Waals surface area contributed by atoms with Gasteiger partial charge in [-0.1, -0.05) is 30.3 Å². The second-order valence-electron chi connectivity index (χ2n) is 9.01. The number of rotatable bonds is 3. The zero-order chi connectivity index (χ0) is 27.7. The van der Waals surface area contributed by atoms with Crippen molar-refractivity contribution < 1.29 is 45.3 Å². The number of nitrogens with two attached hydrogens (primary N) is 1. The number of aliphatic hydroxyl groups is 1. The van der Waals surface area contributed by atoms with Crippen LogP contribution in [0.4, 0.5) is 32.0 Å². The van der Waals surface area contributed by atoms with E-state index in [1.165, 1.54) is 6.92 Å². The highest BCUT2D eigenvalue weighted by Crippen LogP contribution is 2.47. The highest BCUT2D eigenvalue weighted by Gasteiger charge is 2.62. The van der Waals surface area contributed by atoms with Crippen LogP contribution in [0.5, 0.6) is 5.88 Å². The summed E-state index contributed by atoms with van der Waals surface area (Å²) in [7, 11) is 0. The van der Waals surface area contributed by atoms with E-state index in [4.69, 9.17) is 19.6 Å². The molecule has 3 heterocycles. The van der Waals surface area contributed by atoms with E-state index in [2.05, 4.69) is 15.2 Å². The number of ether oxygens (including phenoxy) is 2. The fourth-order valence-electron chi connectivity index (χ4n) is 4.09. The molecule has 3 atom stereocenters. The van der Waals surface area contributed by atoms with Gasteiger partial charge in [0.1, 0.15) is 5.56 Å². The Hall–Kier alpha value is -3.39. The predicted molar refractivity (Wildman–Crippen MR) is 120 cm³/mol. The normalized spacial score (nSPS) is 22.9. The van der Waals surface area contributed by atoms with Crippen molar-refractivity contribution in [3.8, 4) is 17.5 Å². The monoisotopic (exact) mass is 546 g/mol. The van der Waals surface area contributed by atoms with Crippen LogP contribution in [0.2, 0.25) is 0 Å². The van der Waals surface area contributed by atoms with Gasteiger partial charge in [-0.05, 0) is 37.8 Å². The van der Waals surface area contributed by atoms with Crippen LogP contribution in [-0.4, -0.2) is 38.7 Å². The Bertz CT molecular complexity index is 1250. The van der Waals surface area contributed by atoms with Gasteiger partial charge in [0.25, 0.3) is 11.8 Å². The Morgan fingerprint density at radius 1 is 1.11 bits per heavy atom. The number of nitrogen functional groups attached to an aromatic ring is 1. The van der Waals surface area contributed by atoms with Gasteiger partial charge in [0, 0.05) is 6.42 Å². The van der Waals surface area contributed by atoms with E-state index < -0.39 is 77.8 Å². The minimum Gasteiger partial charge on any atom is -0.474 e. The molecule has 1 aliphatic rings. The van der Waals surface area contributed by atoms with Crippen molar-refractivity contribution in [2.24, 2.45) is 0 Å². The number of hydrogen-bond acceptors (Lipinski definition) is 8. The molecule has 2 aromatic heterocycles. The Kier molecular flexibility index (Phi) is 7.57. The highest BCUT2D eigenvalue weighted by molar-refractivity contribution is 5.68. The molecular formula is C24H24F6N4O4. The first-order valence-corrected chi connectivity index (χ1v) is 11.6. The maximum absolute atomic E-state index is 14.7. The maximum atomic E-state index is 14.7. The zero-order valence-electron chi connectivity index (χ0n) is 20.0. The Morgan fingerprint density at radius 2 is 1.82 bits per heavy atom. The van der Waals surface area contributed by atoms with Gasteiger partial charge in [-0.2, -0.15) is 26.3 Å². The van der Waals surface area contributed by atoms with Crippen LogP contribution in [0.15, 0.2) is 40.8 Å². The SMILES string of the molecule is C[C@@H]1CCCC(O)C[C@](OCc2ccccc2)(C(F)(F)F)c2nnc(o2)-c2nc(c(C(F)(F)F)cc2N)O1. The van der Waals surface area contributed by atoms with E-state index >= 15 is 0 Å². The van der Waals surface area contributed by atoms with Crippen LogP contribution < -0.4 is 10.5 Å². The lowest BCUT2D eigenvalue weighted by Crippen LogP contribution is -2.47. The van der Waals surface area contributed by atoms with Gasteiger partial charge in [-0.15, -0.1) is 10.2 Å². The second-order valence-corrected chi connectivity index (χ2v) is 9.01. The number of aliphatic hydroxyl groups excluding tert-OH is 1. The first-order valence-electron chi connectivity index (χ1n) is 11.6. The Balaban J connectivity index is 1.86. The molecule has 206 valence electrons. The number of nitrogens with zero attached hydrogens (tertiary/aromatic N) is 3. The maximum Gasteiger partial charge on any atom is 0.426 e. The summed E-state index contributed by atoms with van der Waals surface area (Å²) in [5, 5.41) is 17.7. The van der Waals surface area contributed by atoms with Crippen molar-refractivity contribution in [3.05, 3.63) is 53.4 Å². The number of aromatic nitrogens is 3. The molecule has 1 aromatic carbocycles. The van der Waals surface area contributed by atoms with Gasteiger partial charge in [0.15, 0.2) is 5.69 Å². The number of alkyl halides is 6. The van der Waals surface area contributed by atoms with Crippen LogP contribution in [0.25, 0.3) is 11.6 Å². The number of benzene rings is 1. The van der Waals surface area contributed by atoms with Crippen LogP contribution in [0.3, 0.4) is 0 Å². The summed E-state index contributed by atoms with van der Waals surface area (Å²) >= 11 is 0. The summed E-state index contributed by atoms with van der Waals surface area (Å²) in [4.78, 5) is 3.81. The molecule has 0 saturated carbocycles. The third kappa shape index (κ3) is 5.70. The summed E-state index contributed by atoms with van der Waals surface area (Å²) in [5.41, 5.74) is 0.625. The fraction of sp³-hybridized carbons (Fsp3) is 0.458. The standard InChI is InChI=1S/C24H24F6N4O4/c1-13-6-5-9-15(35)11-22(24(28,29)30,36-12-14-7-3-2-4-8-14)21-34-33-20(38-21)18-17(31)10-16(23(25,26)27)19(32-18)37-13/h2-4,7-8,10,13,15,35H,5-6,9,11-12,31H2,1H3/t13-,15?,22-/m1/s1. The zero-order valence-corrected chi connectivity index (χ0v) is 20.0. The van der Waals surface area contributed by atoms with E-state index in [1.807, 2.05) is 0 Å². The molecule has 1 aliphatic heterocycles. The molecule has 3 N–H and O–H groups in total. The van der Waals surface area contributed by atoms with Crippen molar-refractivity contribution in [3.63, 3.8) is 0 Å². The summed E-state index contributed by atoms with van der Waals surface area (Å²) in [6.07, 6.45) is -13.2. The van der Waals surface area contributed by atoms with E-state index in [0.29, 0.717) is 11.6 Å². The van der Waals surface area contributed by atoms with E-state index in [1.54, 1.807) is 30.3 Å². The lowest BCUT2D eigenvalue weighted by Gasteiger charge is -2.34. The largest absolute Gasteiger partial charge is 0.474 e. The highest BCUT2D eigenvalue weighted by atomic mass is 19.4. The van der Waals surface area contributed by atoms with E-state index in [9.17, 15) is 31.4 Å². The summed E-state index contributed by atoms with van der Waals surface area (Å²) in [6, 6.07) is 8.57. The van der Waals surface area contributed by atoms with Crippen LogP contribution >= 0.6 is 0 Å². The summed E-state index contributed by atoms with van der Waals surface area (Å²) in [5.74, 6) is -2.56. The van der Waals surface area contributed by atoms with Gasteiger partial charge < -0.3 is 24.7 Å². The molecule has 3 aromatic rings. The number of pyridine rings is 1. The van der Waals surface area contributed by atoms with Gasteiger partial charge in [0.05, 0.1) is 24.5 Å². The molecular weight excluding hydrogens is 522 g/mol. The van der Waals surface area contributed by atoms with Gasteiger partial charge in [-0.25, -0.2) is 4.98 Å². The van der Waals surface area contributed by atoms with Crippen LogP contribution in [0, 0.1) is 0 Å². The van der Waals surface area contributed by atoms with Crippen molar-refractivity contribution in [2.45, 2.75) is 69.4 Å². The average molecular weight is 546 g/mol. The van der Waals surface area contributed by atoms with Gasteiger partial charge in [-0.3, -0.25) is 0 Å². The minimum absolute atomic E-state index is 0.123. The number of hydrogen-bond donors (Lipinski definition) is 2. The molecule has 38 heavy (non-hydrogen) atoms. The third-order valence-corrected chi connectivity index (χ3v) is 6.07.